The summed E-state index contributed by atoms with van der Waals surface area (Å²) in [4.78, 5) is 25.5. The molecule has 1 heterocycles. The van der Waals surface area contributed by atoms with Crippen LogP contribution in [0.2, 0.25) is 0 Å². The number of thioether (sulfide) groups is 1. The molecule has 84 valence electrons. The van der Waals surface area contributed by atoms with Crippen molar-refractivity contribution in [2.24, 2.45) is 0 Å². The summed E-state index contributed by atoms with van der Waals surface area (Å²) in [5, 5.41) is 0. The van der Waals surface area contributed by atoms with E-state index < -0.39 is 0 Å². The highest BCUT2D eigenvalue weighted by atomic mass is 32.2. The third-order valence-electron chi connectivity index (χ3n) is 2.44. The summed E-state index contributed by atoms with van der Waals surface area (Å²) < 4.78 is 0. The molecule has 1 aliphatic heterocycles. The molecule has 4 heteroatoms. The van der Waals surface area contributed by atoms with Crippen molar-refractivity contribution in [3.63, 3.8) is 0 Å². The van der Waals surface area contributed by atoms with E-state index in [0.29, 0.717) is 0 Å². The molecule has 1 saturated heterocycles. The van der Waals surface area contributed by atoms with Crippen molar-refractivity contribution in [3.05, 3.63) is 24.3 Å². The van der Waals surface area contributed by atoms with Gasteiger partial charge in [-0.1, -0.05) is 19.1 Å². The third-order valence-corrected chi connectivity index (χ3v) is 3.38. The highest BCUT2D eigenvalue weighted by molar-refractivity contribution is 7.99. The third kappa shape index (κ3) is 2.11. The molecular weight excluding hydrogens is 222 g/mol. The van der Waals surface area contributed by atoms with Crippen molar-refractivity contribution in [1.29, 1.82) is 0 Å². The molecule has 1 aliphatic rings. The monoisotopic (exact) mass is 235 g/mol. The minimum absolute atomic E-state index is 0.00121. The number of nitrogens with zero attached hydrogens (tertiary/aromatic N) is 1. The number of hydrogen-bond acceptors (Lipinski definition) is 3. The fraction of sp³-hybridized carbons (Fsp3) is 0.333. The number of rotatable bonds is 3. The van der Waals surface area contributed by atoms with Crippen molar-refractivity contribution in [2.45, 2.75) is 18.2 Å². The van der Waals surface area contributed by atoms with E-state index in [4.69, 9.17) is 0 Å². The molecular formula is C12H13NO2S. The topological polar surface area (TPSA) is 37.4 Å². The predicted octanol–water partition coefficient (Wildman–Crippen LogP) is 2.10. The number of carbonyl (C=O) groups is 2. The van der Waals surface area contributed by atoms with E-state index in [2.05, 4.69) is 6.92 Å². The molecule has 0 atom stereocenters. The lowest BCUT2D eigenvalue weighted by molar-refractivity contribution is -0.121. The van der Waals surface area contributed by atoms with Gasteiger partial charge in [0.15, 0.2) is 5.78 Å². The summed E-state index contributed by atoms with van der Waals surface area (Å²) in [6.07, 6.45) is 0.0468. The zero-order valence-corrected chi connectivity index (χ0v) is 9.92. The summed E-state index contributed by atoms with van der Waals surface area (Å²) in [6, 6.07) is 7.73. The Balaban J connectivity index is 2.32. The second kappa shape index (κ2) is 4.70. The molecule has 0 radical (unpaired) electrons. The Labute approximate surface area is 98.8 Å². The van der Waals surface area contributed by atoms with Crippen LogP contribution < -0.4 is 4.90 Å². The average Bonchev–Trinajstić information content (AvgIpc) is 2.59. The van der Waals surface area contributed by atoms with E-state index in [1.165, 1.54) is 0 Å². The Hall–Kier alpha value is -1.29. The van der Waals surface area contributed by atoms with Gasteiger partial charge in [-0.15, -0.1) is 11.8 Å². The van der Waals surface area contributed by atoms with Gasteiger partial charge in [0, 0.05) is 4.90 Å². The minimum atomic E-state index is -0.0887. The maximum Gasteiger partial charge on any atom is 0.234 e. The van der Waals surface area contributed by atoms with Crippen LogP contribution in [0.3, 0.4) is 0 Å². The zero-order chi connectivity index (χ0) is 11.5. The van der Waals surface area contributed by atoms with E-state index in [-0.39, 0.29) is 24.7 Å². The number of ketones is 1. The van der Waals surface area contributed by atoms with E-state index >= 15 is 0 Å². The second-order valence-electron chi connectivity index (χ2n) is 3.60. The largest absolute Gasteiger partial charge is 0.303 e. The van der Waals surface area contributed by atoms with Crippen molar-refractivity contribution >= 4 is 29.1 Å². The number of anilines is 1. The summed E-state index contributed by atoms with van der Waals surface area (Å²) in [6.45, 7) is 2.29. The van der Waals surface area contributed by atoms with E-state index in [1.807, 2.05) is 24.3 Å². The summed E-state index contributed by atoms with van der Waals surface area (Å²) in [5.74, 6) is 0.864. The molecule has 0 unspecified atom stereocenters. The molecule has 0 aromatic heterocycles. The highest BCUT2D eigenvalue weighted by Gasteiger charge is 2.29. The van der Waals surface area contributed by atoms with Crippen molar-refractivity contribution in [2.75, 3.05) is 17.2 Å². The van der Waals surface area contributed by atoms with Gasteiger partial charge in [-0.2, -0.15) is 0 Å². The number of benzene rings is 1. The predicted molar refractivity (Wildman–Crippen MR) is 64.8 cm³/mol. The van der Waals surface area contributed by atoms with Crippen LogP contribution in [0.1, 0.15) is 13.3 Å². The van der Waals surface area contributed by atoms with Crippen LogP contribution in [-0.2, 0) is 9.59 Å². The number of amides is 1. The Morgan fingerprint density at radius 1 is 1.31 bits per heavy atom. The molecule has 0 aliphatic carbocycles. The molecule has 2 rings (SSSR count). The first kappa shape index (κ1) is 11.2. The Kier molecular flexibility index (Phi) is 3.29. The Morgan fingerprint density at radius 3 is 2.69 bits per heavy atom. The Bertz CT molecular complexity index is 431. The molecule has 1 aromatic rings. The van der Waals surface area contributed by atoms with Crippen LogP contribution in [0.5, 0.6) is 0 Å². The van der Waals surface area contributed by atoms with E-state index in [9.17, 15) is 9.59 Å². The second-order valence-corrected chi connectivity index (χ2v) is 4.90. The lowest BCUT2D eigenvalue weighted by Crippen LogP contribution is -2.25. The molecule has 0 bridgehead atoms. The van der Waals surface area contributed by atoms with Crippen LogP contribution in [-0.4, -0.2) is 24.0 Å². The SMILES string of the molecule is CCSc1ccccc1N1CC(=O)CC1=O. The van der Waals surface area contributed by atoms with Crippen molar-refractivity contribution in [1.82, 2.24) is 0 Å². The smallest absolute Gasteiger partial charge is 0.234 e. The molecule has 0 N–H and O–H groups in total. The standard InChI is InChI=1S/C12H13NO2S/c1-2-16-11-6-4-3-5-10(11)13-8-9(14)7-12(13)15/h3-6H,2,7-8H2,1H3. The normalized spacial score (nSPS) is 15.9. The van der Waals surface area contributed by atoms with Gasteiger partial charge >= 0.3 is 0 Å². The number of hydrogen-bond donors (Lipinski definition) is 0. The van der Waals surface area contributed by atoms with Crippen LogP contribution >= 0.6 is 11.8 Å². The molecule has 16 heavy (non-hydrogen) atoms. The van der Waals surface area contributed by atoms with Gasteiger partial charge in [0.25, 0.3) is 0 Å². The maximum absolute atomic E-state index is 11.6. The molecule has 1 fully saturated rings. The van der Waals surface area contributed by atoms with Gasteiger partial charge in [0.2, 0.25) is 5.91 Å². The van der Waals surface area contributed by atoms with Gasteiger partial charge in [-0.05, 0) is 17.9 Å². The first-order valence-electron chi connectivity index (χ1n) is 5.26. The van der Waals surface area contributed by atoms with Gasteiger partial charge < -0.3 is 4.90 Å². The van der Waals surface area contributed by atoms with Crippen LogP contribution in [0.4, 0.5) is 5.69 Å². The van der Waals surface area contributed by atoms with Gasteiger partial charge in [-0.25, -0.2) is 0 Å². The zero-order valence-electron chi connectivity index (χ0n) is 9.10. The minimum Gasteiger partial charge on any atom is -0.303 e. The van der Waals surface area contributed by atoms with Gasteiger partial charge in [-0.3, -0.25) is 9.59 Å². The van der Waals surface area contributed by atoms with Crippen molar-refractivity contribution < 1.29 is 9.59 Å². The van der Waals surface area contributed by atoms with E-state index in [1.54, 1.807) is 16.7 Å². The fourth-order valence-corrected chi connectivity index (χ4v) is 2.57. The van der Waals surface area contributed by atoms with Crippen molar-refractivity contribution in [3.8, 4) is 0 Å². The first-order valence-corrected chi connectivity index (χ1v) is 6.25. The van der Waals surface area contributed by atoms with Gasteiger partial charge in [0.05, 0.1) is 18.7 Å². The Morgan fingerprint density at radius 2 is 2.06 bits per heavy atom. The van der Waals surface area contributed by atoms with Crippen LogP contribution in [0, 0.1) is 0 Å². The van der Waals surface area contributed by atoms with E-state index in [0.717, 1.165) is 16.3 Å². The number of Topliss-reactive ketones (excluding diaryl/α,β-unsaturated/α-hetero) is 1. The fourth-order valence-electron chi connectivity index (χ4n) is 1.76. The lowest BCUT2D eigenvalue weighted by Gasteiger charge is -2.18. The molecule has 0 spiro atoms. The molecule has 1 aromatic carbocycles. The van der Waals surface area contributed by atoms with Crippen LogP contribution in [0.25, 0.3) is 0 Å². The summed E-state index contributed by atoms with van der Waals surface area (Å²) in [7, 11) is 0. The molecule has 1 amide bonds. The average molecular weight is 235 g/mol. The quantitative estimate of drug-likeness (QED) is 0.595. The maximum atomic E-state index is 11.6. The number of para-hydroxylation sites is 1. The van der Waals surface area contributed by atoms with Gasteiger partial charge in [0.1, 0.15) is 0 Å². The van der Waals surface area contributed by atoms with Crippen LogP contribution in [0.15, 0.2) is 29.2 Å². The highest BCUT2D eigenvalue weighted by Crippen LogP contribution is 2.31. The number of carbonyl (C=O) groups excluding carboxylic acids is 2. The lowest BCUT2D eigenvalue weighted by atomic mass is 10.3. The summed E-state index contributed by atoms with van der Waals surface area (Å²) in [5.41, 5.74) is 0.866. The first-order chi connectivity index (χ1) is 7.72. The molecule has 0 saturated carbocycles. The molecule has 3 nitrogen and oxygen atoms in total. The summed E-state index contributed by atoms with van der Waals surface area (Å²) >= 11 is 1.69.